The van der Waals surface area contributed by atoms with E-state index in [-0.39, 0.29) is 4.90 Å². The fraction of sp³-hybridized carbons (Fsp3) is 0.238. The number of sulfonamides is 1. The van der Waals surface area contributed by atoms with Crippen molar-refractivity contribution in [1.29, 1.82) is 0 Å². The van der Waals surface area contributed by atoms with Crippen LogP contribution in [0.2, 0.25) is 0 Å². The second-order valence-corrected chi connectivity index (χ2v) is 8.19. The van der Waals surface area contributed by atoms with Gasteiger partial charge in [0.15, 0.2) is 0 Å². The van der Waals surface area contributed by atoms with Gasteiger partial charge in [0, 0.05) is 5.69 Å². The highest BCUT2D eigenvalue weighted by atomic mass is 32.2. The first-order valence-corrected chi connectivity index (χ1v) is 10.7. The Labute approximate surface area is 170 Å². The number of aromatic nitrogens is 2. The number of ether oxygens (including phenoxy) is 1. The van der Waals surface area contributed by atoms with E-state index in [1.54, 1.807) is 18.5 Å². The van der Waals surface area contributed by atoms with Crippen molar-refractivity contribution in [2.45, 2.75) is 32.1 Å². The van der Waals surface area contributed by atoms with Crippen molar-refractivity contribution in [2.24, 2.45) is 0 Å². The molecule has 152 valence electrons. The summed E-state index contributed by atoms with van der Waals surface area (Å²) in [5, 5.41) is 4.39. The maximum Gasteiger partial charge on any atom is 0.338 e. The van der Waals surface area contributed by atoms with E-state index in [4.69, 9.17) is 4.74 Å². The van der Waals surface area contributed by atoms with Gasteiger partial charge in [0.25, 0.3) is 10.0 Å². The number of carbonyl (C=O) groups is 1. The molecule has 3 rings (SSSR count). The quantitative estimate of drug-likeness (QED) is 0.594. The van der Waals surface area contributed by atoms with E-state index in [1.807, 2.05) is 37.3 Å². The molecular weight excluding hydrogens is 390 g/mol. The lowest BCUT2D eigenvalue weighted by atomic mass is 10.2. The summed E-state index contributed by atoms with van der Waals surface area (Å²) >= 11 is 0. The standard InChI is InChI=1S/C21H23N3O4S/c1-4-14-28-21(25)17-10-12-18(13-11-17)23-29(26,27)20-15(2)22-24(16(20)3)19-8-6-5-7-9-19/h5-13,23H,4,14H2,1-3H3. The van der Waals surface area contributed by atoms with E-state index in [0.717, 1.165) is 12.1 Å². The number of para-hydroxylation sites is 1. The minimum absolute atomic E-state index is 0.132. The molecule has 0 aliphatic rings. The van der Waals surface area contributed by atoms with E-state index in [1.165, 1.54) is 24.3 Å². The molecule has 3 aromatic rings. The highest BCUT2D eigenvalue weighted by Crippen LogP contribution is 2.25. The fourth-order valence-corrected chi connectivity index (χ4v) is 4.45. The predicted octanol–water partition coefficient (Wildman–Crippen LogP) is 3.86. The van der Waals surface area contributed by atoms with Crippen LogP contribution in [-0.2, 0) is 14.8 Å². The molecule has 0 bridgehead atoms. The van der Waals surface area contributed by atoms with Gasteiger partial charge in [-0.1, -0.05) is 25.1 Å². The summed E-state index contributed by atoms with van der Waals surface area (Å²) in [4.78, 5) is 12.0. The zero-order chi connectivity index (χ0) is 21.0. The lowest BCUT2D eigenvalue weighted by molar-refractivity contribution is 0.0505. The van der Waals surface area contributed by atoms with Gasteiger partial charge in [0.05, 0.1) is 29.2 Å². The molecule has 0 unspecified atom stereocenters. The SMILES string of the molecule is CCCOC(=O)c1ccc(NS(=O)(=O)c2c(C)nn(-c3ccccc3)c2C)cc1. The molecule has 1 N–H and O–H groups in total. The van der Waals surface area contributed by atoms with E-state index >= 15 is 0 Å². The Kier molecular flexibility index (Phi) is 6.03. The van der Waals surface area contributed by atoms with Gasteiger partial charge in [-0.05, 0) is 56.7 Å². The summed E-state index contributed by atoms with van der Waals surface area (Å²) in [7, 11) is -3.86. The Bertz CT molecular complexity index is 1100. The van der Waals surface area contributed by atoms with Crippen molar-refractivity contribution in [2.75, 3.05) is 11.3 Å². The normalized spacial score (nSPS) is 11.3. The Morgan fingerprint density at radius 1 is 1.07 bits per heavy atom. The summed E-state index contributed by atoms with van der Waals surface area (Å²) in [6.07, 6.45) is 0.735. The minimum atomic E-state index is -3.86. The van der Waals surface area contributed by atoms with Crippen LogP contribution in [-0.4, -0.2) is 30.8 Å². The maximum absolute atomic E-state index is 13.0. The van der Waals surface area contributed by atoms with Crippen LogP contribution in [0.25, 0.3) is 5.69 Å². The monoisotopic (exact) mass is 413 g/mol. The largest absolute Gasteiger partial charge is 0.462 e. The average molecular weight is 413 g/mol. The molecule has 2 aromatic carbocycles. The molecule has 0 saturated heterocycles. The Morgan fingerprint density at radius 3 is 2.34 bits per heavy atom. The van der Waals surface area contributed by atoms with Gasteiger partial charge in [-0.25, -0.2) is 17.9 Å². The van der Waals surface area contributed by atoms with Gasteiger partial charge in [-0.15, -0.1) is 0 Å². The lowest BCUT2D eigenvalue weighted by Crippen LogP contribution is -2.15. The molecule has 0 aliphatic heterocycles. The summed E-state index contributed by atoms with van der Waals surface area (Å²) in [5.74, 6) is -0.433. The number of aryl methyl sites for hydroxylation is 1. The Balaban J connectivity index is 1.85. The van der Waals surface area contributed by atoms with Gasteiger partial charge in [0.2, 0.25) is 0 Å². The van der Waals surface area contributed by atoms with Crippen LogP contribution >= 0.6 is 0 Å². The number of nitrogens with zero attached hydrogens (tertiary/aromatic N) is 2. The van der Waals surface area contributed by atoms with Gasteiger partial charge in [-0.2, -0.15) is 5.10 Å². The van der Waals surface area contributed by atoms with Crippen LogP contribution < -0.4 is 4.72 Å². The van der Waals surface area contributed by atoms with Crippen LogP contribution in [0.4, 0.5) is 5.69 Å². The van der Waals surface area contributed by atoms with Crippen LogP contribution in [0, 0.1) is 13.8 Å². The van der Waals surface area contributed by atoms with Crippen LogP contribution in [0.15, 0.2) is 59.5 Å². The maximum atomic E-state index is 13.0. The molecule has 1 heterocycles. The number of hydrogen-bond acceptors (Lipinski definition) is 5. The molecular formula is C21H23N3O4S. The Morgan fingerprint density at radius 2 is 1.72 bits per heavy atom. The molecule has 8 heteroatoms. The smallest absolute Gasteiger partial charge is 0.338 e. The zero-order valence-electron chi connectivity index (χ0n) is 16.5. The summed E-state index contributed by atoms with van der Waals surface area (Å²) in [5.41, 5.74) is 2.41. The van der Waals surface area contributed by atoms with Crippen molar-refractivity contribution < 1.29 is 17.9 Å². The van der Waals surface area contributed by atoms with E-state index < -0.39 is 16.0 Å². The summed E-state index contributed by atoms with van der Waals surface area (Å²) < 4.78 is 35.2. The fourth-order valence-electron chi connectivity index (χ4n) is 3.00. The van der Waals surface area contributed by atoms with Gasteiger partial charge >= 0.3 is 5.97 Å². The third-order valence-electron chi connectivity index (χ3n) is 4.30. The Hall–Kier alpha value is -3.13. The van der Waals surface area contributed by atoms with Gasteiger partial charge in [0.1, 0.15) is 4.90 Å². The first-order chi connectivity index (χ1) is 13.8. The molecule has 1 aromatic heterocycles. The van der Waals surface area contributed by atoms with E-state index in [9.17, 15) is 13.2 Å². The molecule has 0 radical (unpaired) electrons. The first-order valence-electron chi connectivity index (χ1n) is 9.25. The number of rotatable bonds is 7. The van der Waals surface area contributed by atoms with Gasteiger partial charge < -0.3 is 4.74 Å². The summed E-state index contributed by atoms with van der Waals surface area (Å²) in [6.45, 7) is 5.63. The van der Waals surface area contributed by atoms with Crippen LogP contribution in [0.1, 0.15) is 35.1 Å². The lowest BCUT2D eigenvalue weighted by Gasteiger charge is -2.10. The molecule has 29 heavy (non-hydrogen) atoms. The predicted molar refractivity (Wildman–Crippen MR) is 111 cm³/mol. The van der Waals surface area contributed by atoms with Crippen molar-refractivity contribution in [3.05, 3.63) is 71.5 Å². The van der Waals surface area contributed by atoms with E-state index in [2.05, 4.69) is 9.82 Å². The number of anilines is 1. The first kappa shape index (κ1) is 20.6. The third-order valence-corrected chi connectivity index (χ3v) is 5.94. The molecule has 0 aliphatic carbocycles. The highest BCUT2D eigenvalue weighted by molar-refractivity contribution is 7.92. The number of esters is 1. The second kappa shape index (κ2) is 8.48. The number of carbonyl (C=O) groups excluding carboxylic acids is 1. The number of hydrogen-bond donors (Lipinski definition) is 1. The molecule has 0 atom stereocenters. The van der Waals surface area contributed by atoms with Gasteiger partial charge in [-0.3, -0.25) is 4.72 Å². The van der Waals surface area contributed by atoms with Crippen molar-refractivity contribution in [3.63, 3.8) is 0 Å². The molecule has 0 saturated carbocycles. The van der Waals surface area contributed by atoms with Crippen molar-refractivity contribution >= 4 is 21.7 Å². The number of nitrogens with one attached hydrogen (secondary N) is 1. The molecule has 7 nitrogen and oxygen atoms in total. The molecule has 0 amide bonds. The second-order valence-electron chi connectivity index (χ2n) is 6.57. The summed E-state index contributed by atoms with van der Waals surface area (Å²) in [6, 6.07) is 15.5. The highest BCUT2D eigenvalue weighted by Gasteiger charge is 2.25. The number of benzene rings is 2. The van der Waals surface area contributed by atoms with E-state index in [0.29, 0.717) is 29.2 Å². The van der Waals surface area contributed by atoms with Crippen molar-refractivity contribution in [3.8, 4) is 5.69 Å². The molecule has 0 fully saturated rings. The third kappa shape index (κ3) is 4.48. The van der Waals surface area contributed by atoms with Crippen LogP contribution in [0.3, 0.4) is 0 Å². The van der Waals surface area contributed by atoms with Crippen LogP contribution in [0.5, 0.6) is 0 Å². The topological polar surface area (TPSA) is 90.3 Å². The minimum Gasteiger partial charge on any atom is -0.462 e. The average Bonchev–Trinajstić information content (AvgIpc) is 3.02. The zero-order valence-corrected chi connectivity index (χ0v) is 17.4. The van der Waals surface area contributed by atoms with Crippen molar-refractivity contribution in [1.82, 2.24) is 9.78 Å². The molecule has 0 spiro atoms.